The standard InChI is InChI=1S/C16H20N4/c1-2-14-12-17-10-11-20(14)16-18-9-8-15(19-16)13-6-4-3-5-7-13/h3-9,14,17H,2,10-12H2,1H3. The summed E-state index contributed by atoms with van der Waals surface area (Å²) in [7, 11) is 0. The van der Waals surface area contributed by atoms with Crippen LogP contribution < -0.4 is 10.2 Å². The van der Waals surface area contributed by atoms with Crippen LogP contribution in [-0.4, -0.2) is 35.6 Å². The van der Waals surface area contributed by atoms with E-state index < -0.39 is 0 Å². The molecule has 1 aromatic heterocycles. The second-order valence-corrected chi connectivity index (χ2v) is 5.07. The van der Waals surface area contributed by atoms with E-state index in [1.807, 2.05) is 30.5 Å². The van der Waals surface area contributed by atoms with Gasteiger partial charge in [0.2, 0.25) is 5.95 Å². The zero-order valence-corrected chi connectivity index (χ0v) is 11.8. The summed E-state index contributed by atoms with van der Waals surface area (Å²) in [5.74, 6) is 0.847. The molecule has 1 fully saturated rings. The van der Waals surface area contributed by atoms with E-state index >= 15 is 0 Å². The summed E-state index contributed by atoms with van der Waals surface area (Å²) in [6.07, 6.45) is 2.96. The highest BCUT2D eigenvalue weighted by atomic mass is 15.3. The molecule has 104 valence electrons. The van der Waals surface area contributed by atoms with Crippen LogP contribution in [0.2, 0.25) is 0 Å². The number of benzene rings is 1. The number of anilines is 1. The van der Waals surface area contributed by atoms with E-state index in [1.54, 1.807) is 0 Å². The van der Waals surface area contributed by atoms with Gasteiger partial charge in [0.15, 0.2) is 0 Å². The molecule has 1 saturated heterocycles. The van der Waals surface area contributed by atoms with Crippen LogP contribution in [0.25, 0.3) is 11.3 Å². The SMILES string of the molecule is CCC1CNCCN1c1nccc(-c2ccccc2)n1. The lowest BCUT2D eigenvalue weighted by atomic mass is 10.1. The van der Waals surface area contributed by atoms with Gasteiger partial charge in [0.05, 0.1) is 5.69 Å². The maximum absolute atomic E-state index is 4.75. The van der Waals surface area contributed by atoms with Gasteiger partial charge in [0, 0.05) is 37.4 Å². The minimum Gasteiger partial charge on any atom is -0.335 e. The molecule has 0 saturated carbocycles. The maximum atomic E-state index is 4.75. The third-order valence-corrected chi connectivity index (χ3v) is 3.79. The number of hydrogen-bond donors (Lipinski definition) is 1. The van der Waals surface area contributed by atoms with Crippen LogP contribution in [0.15, 0.2) is 42.6 Å². The summed E-state index contributed by atoms with van der Waals surface area (Å²) in [4.78, 5) is 11.5. The molecule has 1 unspecified atom stereocenters. The first-order chi connectivity index (χ1) is 9.88. The fraction of sp³-hybridized carbons (Fsp3) is 0.375. The molecule has 1 aliphatic rings. The summed E-state index contributed by atoms with van der Waals surface area (Å²) in [6, 6.07) is 12.7. The van der Waals surface area contributed by atoms with Gasteiger partial charge in [-0.05, 0) is 12.5 Å². The van der Waals surface area contributed by atoms with Crippen LogP contribution in [0.4, 0.5) is 5.95 Å². The minimum atomic E-state index is 0.481. The van der Waals surface area contributed by atoms with Crippen LogP contribution in [-0.2, 0) is 0 Å². The van der Waals surface area contributed by atoms with E-state index in [-0.39, 0.29) is 0 Å². The molecule has 2 heterocycles. The molecule has 1 aliphatic heterocycles. The lowest BCUT2D eigenvalue weighted by Gasteiger charge is -2.35. The summed E-state index contributed by atoms with van der Waals surface area (Å²) < 4.78 is 0. The zero-order chi connectivity index (χ0) is 13.8. The molecule has 1 aromatic carbocycles. The zero-order valence-electron chi connectivity index (χ0n) is 11.8. The van der Waals surface area contributed by atoms with Crippen LogP contribution in [0, 0.1) is 0 Å². The second-order valence-electron chi connectivity index (χ2n) is 5.07. The van der Waals surface area contributed by atoms with Crippen molar-refractivity contribution in [2.45, 2.75) is 19.4 Å². The van der Waals surface area contributed by atoms with Crippen LogP contribution in [0.3, 0.4) is 0 Å². The third kappa shape index (κ3) is 2.65. The molecule has 2 aromatic rings. The highest BCUT2D eigenvalue weighted by molar-refractivity contribution is 5.60. The van der Waals surface area contributed by atoms with Crippen molar-refractivity contribution in [3.05, 3.63) is 42.6 Å². The number of hydrogen-bond acceptors (Lipinski definition) is 4. The predicted octanol–water partition coefficient (Wildman–Crippen LogP) is 2.33. The number of nitrogens with one attached hydrogen (secondary N) is 1. The number of aromatic nitrogens is 2. The average Bonchev–Trinajstić information content (AvgIpc) is 2.56. The highest BCUT2D eigenvalue weighted by Crippen LogP contribution is 2.20. The van der Waals surface area contributed by atoms with Gasteiger partial charge < -0.3 is 10.2 Å². The first-order valence-electron chi connectivity index (χ1n) is 7.24. The lowest BCUT2D eigenvalue weighted by Crippen LogP contribution is -2.51. The lowest BCUT2D eigenvalue weighted by molar-refractivity contribution is 0.459. The fourth-order valence-corrected chi connectivity index (χ4v) is 2.65. The van der Waals surface area contributed by atoms with E-state index in [2.05, 4.69) is 34.3 Å². The van der Waals surface area contributed by atoms with Crippen LogP contribution in [0.1, 0.15) is 13.3 Å². The van der Waals surface area contributed by atoms with Gasteiger partial charge in [0.1, 0.15) is 0 Å². The molecule has 20 heavy (non-hydrogen) atoms. The van der Waals surface area contributed by atoms with E-state index in [4.69, 9.17) is 4.98 Å². The minimum absolute atomic E-state index is 0.481. The molecule has 0 amide bonds. The van der Waals surface area contributed by atoms with Crippen molar-refractivity contribution >= 4 is 5.95 Å². The first-order valence-corrected chi connectivity index (χ1v) is 7.24. The van der Waals surface area contributed by atoms with Crippen LogP contribution in [0.5, 0.6) is 0 Å². The molecule has 4 nitrogen and oxygen atoms in total. The summed E-state index contributed by atoms with van der Waals surface area (Å²) in [6.45, 7) is 5.19. The molecule has 1 N–H and O–H groups in total. The molecular weight excluding hydrogens is 248 g/mol. The van der Waals surface area contributed by atoms with Gasteiger partial charge in [-0.2, -0.15) is 0 Å². The Morgan fingerprint density at radius 3 is 2.90 bits per heavy atom. The molecule has 0 radical (unpaired) electrons. The Labute approximate surface area is 119 Å². The first kappa shape index (κ1) is 13.1. The summed E-state index contributed by atoms with van der Waals surface area (Å²) in [5.41, 5.74) is 2.13. The van der Waals surface area contributed by atoms with Crippen molar-refractivity contribution in [1.29, 1.82) is 0 Å². The molecule has 3 rings (SSSR count). The average molecular weight is 268 g/mol. The Balaban J connectivity index is 1.91. The number of nitrogens with zero attached hydrogens (tertiary/aromatic N) is 3. The van der Waals surface area contributed by atoms with Crippen molar-refractivity contribution in [1.82, 2.24) is 15.3 Å². The Hall–Kier alpha value is -1.94. The summed E-state index contributed by atoms with van der Waals surface area (Å²) >= 11 is 0. The molecule has 0 spiro atoms. The van der Waals surface area contributed by atoms with Gasteiger partial charge in [-0.3, -0.25) is 0 Å². The molecule has 0 aliphatic carbocycles. The Bertz CT molecular complexity index is 555. The fourth-order valence-electron chi connectivity index (χ4n) is 2.65. The number of piperazine rings is 1. The Morgan fingerprint density at radius 2 is 2.10 bits per heavy atom. The van der Waals surface area contributed by atoms with E-state index in [0.29, 0.717) is 6.04 Å². The number of rotatable bonds is 3. The smallest absolute Gasteiger partial charge is 0.226 e. The van der Waals surface area contributed by atoms with Gasteiger partial charge in [-0.25, -0.2) is 9.97 Å². The molecule has 0 bridgehead atoms. The van der Waals surface area contributed by atoms with E-state index in [9.17, 15) is 0 Å². The topological polar surface area (TPSA) is 41.0 Å². The predicted molar refractivity (Wildman–Crippen MR) is 81.8 cm³/mol. The van der Waals surface area contributed by atoms with Crippen LogP contribution >= 0.6 is 0 Å². The van der Waals surface area contributed by atoms with Gasteiger partial charge >= 0.3 is 0 Å². The van der Waals surface area contributed by atoms with Crippen molar-refractivity contribution in [2.24, 2.45) is 0 Å². The normalized spacial score (nSPS) is 19.1. The van der Waals surface area contributed by atoms with Crippen molar-refractivity contribution < 1.29 is 0 Å². The van der Waals surface area contributed by atoms with E-state index in [0.717, 1.165) is 43.3 Å². The van der Waals surface area contributed by atoms with Gasteiger partial charge in [-0.15, -0.1) is 0 Å². The Morgan fingerprint density at radius 1 is 1.25 bits per heavy atom. The van der Waals surface area contributed by atoms with Crippen molar-refractivity contribution in [3.63, 3.8) is 0 Å². The van der Waals surface area contributed by atoms with Crippen molar-refractivity contribution in [3.8, 4) is 11.3 Å². The van der Waals surface area contributed by atoms with E-state index in [1.165, 1.54) is 0 Å². The van der Waals surface area contributed by atoms with Gasteiger partial charge in [-0.1, -0.05) is 37.3 Å². The molecular formula is C16H20N4. The maximum Gasteiger partial charge on any atom is 0.226 e. The summed E-state index contributed by atoms with van der Waals surface area (Å²) in [5, 5.41) is 3.43. The van der Waals surface area contributed by atoms with Gasteiger partial charge in [0.25, 0.3) is 0 Å². The molecule has 4 heteroatoms. The monoisotopic (exact) mass is 268 g/mol. The van der Waals surface area contributed by atoms with Crippen molar-refractivity contribution in [2.75, 3.05) is 24.5 Å². The second kappa shape index (κ2) is 6.01. The quantitative estimate of drug-likeness (QED) is 0.927. The highest BCUT2D eigenvalue weighted by Gasteiger charge is 2.22. The largest absolute Gasteiger partial charge is 0.335 e. The third-order valence-electron chi connectivity index (χ3n) is 3.79. The molecule has 1 atom stereocenters. The Kier molecular flexibility index (Phi) is 3.92.